The Bertz CT molecular complexity index is 876. The second-order valence-corrected chi connectivity index (χ2v) is 11.3. The van der Waals surface area contributed by atoms with Crippen LogP contribution in [0.15, 0.2) is 0 Å². The average Bonchev–Trinajstić information content (AvgIpc) is 3.68. The number of nitrogens with one attached hydrogen (secondary N) is 2. The summed E-state index contributed by atoms with van der Waals surface area (Å²) in [5.41, 5.74) is 5.13. The first-order valence-corrected chi connectivity index (χ1v) is 12.2. The summed E-state index contributed by atoms with van der Waals surface area (Å²) in [6, 6.07) is -2.32. The van der Waals surface area contributed by atoms with Crippen molar-refractivity contribution in [2.45, 2.75) is 77.9 Å². The molecule has 182 valence electrons. The SMILES string of the molecule is CC(C)C(=O)N[C@H](C(=O)N1C[C@H]2C([C@H]1C(=O)NC(CC1CC1)C(=O)C(N)=O)C2(C)C)C1CC1. The number of likely N-dealkylation sites (tertiary alicyclic amines) is 1. The van der Waals surface area contributed by atoms with E-state index in [-0.39, 0.29) is 40.9 Å². The molecule has 0 aromatic heterocycles. The topological polar surface area (TPSA) is 139 Å². The van der Waals surface area contributed by atoms with E-state index in [1.54, 1.807) is 18.7 Å². The predicted molar refractivity (Wildman–Crippen MR) is 119 cm³/mol. The van der Waals surface area contributed by atoms with Crippen molar-refractivity contribution in [2.75, 3.05) is 6.54 Å². The minimum absolute atomic E-state index is 0.0210. The molecule has 5 atom stereocenters. The molecule has 1 heterocycles. The highest BCUT2D eigenvalue weighted by molar-refractivity contribution is 6.37. The molecule has 0 bridgehead atoms. The number of carbonyl (C=O) groups excluding carboxylic acids is 5. The number of ketones is 1. The summed E-state index contributed by atoms with van der Waals surface area (Å²) in [4.78, 5) is 64.9. The minimum Gasteiger partial charge on any atom is -0.363 e. The molecule has 9 nitrogen and oxygen atoms in total. The van der Waals surface area contributed by atoms with E-state index in [2.05, 4.69) is 24.5 Å². The highest BCUT2D eigenvalue weighted by Crippen LogP contribution is 2.65. The molecule has 0 spiro atoms. The van der Waals surface area contributed by atoms with Crippen LogP contribution in [0.25, 0.3) is 0 Å². The van der Waals surface area contributed by atoms with Gasteiger partial charge in [0.05, 0.1) is 6.04 Å². The molecule has 33 heavy (non-hydrogen) atoms. The number of nitrogens with two attached hydrogens (primary N) is 1. The van der Waals surface area contributed by atoms with Gasteiger partial charge < -0.3 is 21.3 Å². The van der Waals surface area contributed by atoms with E-state index in [4.69, 9.17) is 5.73 Å². The molecule has 4 aliphatic rings. The van der Waals surface area contributed by atoms with Crippen molar-refractivity contribution in [2.24, 2.45) is 40.7 Å². The first kappa shape index (κ1) is 23.7. The zero-order valence-corrected chi connectivity index (χ0v) is 19.9. The lowest BCUT2D eigenvalue weighted by Gasteiger charge is -2.34. The molecule has 1 saturated heterocycles. The average molecular weight is 461 g/mol. The van der Waals surface area contributed by atoms with Crippen LogP contribution in [0.1, 0.15) is 59.8 Å². The van der Waals surface area contributed by atoms with Gasteiger partial charge in [-0.25, -0.2) is 0 Å². The highest BCUT2D eigenvalue weighted by Gasteiger charge is 2.70. The lowest BCUT2D eigenvalue weighted by atomic mass is 9.98. The van der Waals surface area contributed by atoms with Crippen LogP contribution in [0.3, 0.4) is 0 Å². The van der Waals surface area contributed by atoms with Crippen LogP contribution in [0.4, 0.5) is 0 Å². The molecule has 1 aliphatic heterocycles. The maximum absolute atomic E-state index is 13.6. The van der Waals surface area contributed by atoms with Crippen LogP contribution < -0.4 is 16.4 Å². The number of hydrogen-bond donors (Lipinski definition) is 3. The highest BCUT2D eigenvalue weighted by atomic mass is 16.2. The summed E-state index contributed by atoms with van der Waals surface area (Å²) in [5, 5.41) is 5.66. The molecular weight excluding hydrogens is 424 g/mol. The molecule has 3 aliphatic carbocycles. The number of hydrogen-bond acceptors (Lipinski definition) is 5. The van der Waals surface area contributed by atoms with Gasteiger partial charge in [-0.2, -0.15) is 0 Å². The summed E-state index contributed by atoms with van der Waals surface area (Å²) < 4.78 is 0. The Morgan fingerprint density at radius 2 is 1.67 bits per heavy atom. The fourth-order valence-electron chi connectivity index (χ4n) is 5.47. The maximum Gasteiger partial charge on any atom is 0.287 e. The second kappa shape index (κ2) is 8.40. The maximum atomic E-state index is 13.6. The fraction of sp³-hybridized carbons (Fsp3) is 0.792. The van der Waals surface area contributed by atoms with Crippen molar-refractivity contribution in [3.05, 3.63) is 0 Å². The zero-order valence-electron chi connectivity index (χ0n) is 19.9. The molecule has 3 saturated carbocycles. The van der Waals surface area contributed by atoms with E-state index in [0.29, 0.717) is 18.9 Å². The van der Waals surface area contributed by atoms with E-state index in [9.17, 15) is 24.0 Å². The van der Waals surface area contributed by atoms with Gasteiger partial charge in [0.15, 0.2) is 0 Å². The molecular formula is C24H36N4O5. The van der Waals surface area contributed by atoms with Gasteiger partial charge in [-0.3, -0.25) is 24.0 Å². The Hall–Kier alpha value is -2.45. The number of Topliss-reactive ketones (excluding diaryl/α,β-unsaturated/α-hetero) is 1. The van der Waals surface area contributed by atoms with Gasteiger partial charge >= 0.3 is 0 Å². The van der Waals surface area contributed by atoms with Crippen molar-refractivity contribution < 1.29 is 24.0 Å². The molecule has 0 aromatic carbocycles. The van der Waals surface area contributed by atoms with Gasteiger partial charge in [0.2, 0.25) is 23.5 Å². The van der Waals surface area contributed by atoms with E-state index >= 15 is 0 Å². The summed E-state index contributed by atoms with van der Waals surface area (Å²) in [6.07, 6.45) is 4.05. The normalized spacial score (nSPS) is 29.1. The van der Waals surface area contributed by atoms with Crippen LogP contribution in [-0.4, -0.2) is 59.0 Å². The van der Waals surface area contributed by atoms with Gasteiger partial charge in [-0.05, 0) is 48.3 Å². The number of rotatable bonds is 10. The third-order valence-electron chi connectivity index (χ3n) is 8.08. The third-order valence-corrected chi connectivity index (χ3v) is 8.08. The number of piperidine rings is 1. The van der Waals surface area contributed by atoms with E-state index in [1.807, 2.05) is 0 Å². The van der Waals surface area contributed by atoms with Crippen LogP contribution in [0, 0.1) is 35.0 Å². The first-order chi connectivity index (χ1) is 15.4. The van der Waals surface area contributed by atoms with Gasteiger partial charge in [0.1, 0.15) is 12.1 Å². The van der Waals surface area contributed by atoms with Crippen LogP contribution >= 0.6 is 0 Å². The van der Waals surface area contributed by atoms with Gasteiger partial charge in [-0.1, -0.05) is 40.5 Å². The Balaban J connectivity index is 1.52. The van der Waals surface area contributed by atoms with Gasteiger partial charge in [-0.15, -0.1) is 0 Å². The monoisotopic (exact) mass is 460 g/mol. The molecule has 0 radical (unpaired) electrons. The summed E-state index contributed by atoms with van der Waals surface area (Å²) >= 11 is 0. The molecule has 4 amide bonds. The van der Waals surface area contributed by atoms with Crippen molar-refractivity contribution >= 4 is 29.4 Å². The van der Waals surface area contributed by atoms with Gasteiger partial charge in [0.25, 0.3) is 5.91 Å². The van der Waals surface area contributed by atoms with Gasteiger partial charge in [0, 0.05) is 12.5 Å². The fourth-order valence-corrected chi connectivity index (χ4v) is 5.47. The standard InChI is InChI=1S/C24H36N4O5/c1-11(2)21(31)27-17(13-7-8-13)23(33)28-10-14-16(24(14,3)4)18(28)22(32)26-15(9-12-5-6-12)19(29)20(25)30/h11-18H,5-10H2,1-4H3,(H2,25,30)(H,26,32)(H,27,31)/t14-,15?,16?,17-,18-/m0/s1. The number of nitrogens with zero attached hydrogens (tertiary/aromatic N) is 1. The lowest BCUT2D eigenvalue weighted by molar-refractivity contribution is -0.145. The van der Waals surface area contributed by atoms with Crippen molar-refractivity contribution in [3.63, 3.8) is 0 Å². The number of amides is 4. The lowest BCUT2D eigenvalue weighted by Crippen LogP contribution is -2.58. The molecule has 9 heteroatoms. The zero-order chi connectivity index (χ0) is 24.2. The molecule has 2 unspecified atom stereocenters. The Labute approximate surface area is 194 Å². The first-order valence-electron chi connectivity index (χ1n) is 12.2. The summed E-state index contributed by atoms with van der Waals surface area (Å²) in [6.45, 7) is 8.18. The largest absolute Gasteiger partial charge is 0.363 e. The minimum atomic E-state index is -1.06. The van der Waals surface area contributed by atoms with Crippen molar-refractivity contribution in [3.8, 4) is 0 Å². The number of carbonyl (C=O) groups is 5. The Morgan fingerprint density at radius 3 is 2.18 bits per heavy atom. The van der Waals surface area contributed by atoms with E-state index in [1.165, 1.54) is 0 Å². The summed E-state index contributed by atoms with van der Waals surface area (Å²) in [7, 11) is 0. The molecule has 4 N–H and O–H groups in total. The Morgan fingerprint density at radius 1 is 1.03 bits per heavy atom. The quantitative estimate of drug-likeness (QED) is 0.404. The van der Waals surface area contributed by atoms with Crippen LogP contribution in [-0.2, 0) is 24.0 Å². The molecule has 4 fully saturated rings. The number of primary amides is 1. The third kappa shape index (κ3) is 4.64. The molecule has 0 aromatic rings. The van der Waals surface area contributed by atoms with Crippen molar-refractivity contribution in [1.29, 1.82) is 0 Å². The summed E-state index contributed by atoms with van der Waals surface area (Å²) in [5.74, 6) is -2.36. The van der Waals surface area contributed by atoms with Crippen LogP contribution in [0.2, 0.25) is 0 Å². The van der Waals surface area contributed by atoms with Crippen molar-refractivity contribution in [1.82, 2.24) is 15.5 Å². The Kier molecular flexibility index (Phi) is 6.03. The smallest absolute Gasteiger partial charge is 0.287 e. The molecule has 4 rings (SSSR count). The van der Waals surface area contributed by atoms with E-state index in [0.717, 1.165) is 25.7 Å². The predicted octanol–water partition coefficient (Wildman–Crippen LogP) is 0.360. The van der Waals surface area contributed by atoms with Crippen LogP contribution in [0.5, 0.6) is 0 Å². The second-order valence-electron chi connectivity index (χ2n) is 11.3. The van der Waals surface area contributed by atoms with E-state index < -0.39 is 35.7 Å². The number of fused-ring (bicyclic) bond motifs is 1.